The van der Waals surface area contributed by atoms with Gasteiger partial charge < -0.3 is 15.6 Å². The van der Waals surface area contributed by atoms with Crippen LogP contribution in [0.15, 0.2) is 16.7 Å². The maximum atomic E-state index is 8.49. The molecule has 72 valence electrons. The summed E-state index contributed by atoms with van der Waals surface area (Å²) in [7, 11) is 0. The molecule has 3 N–H and O–H groups in total. The Kier molecular flexibility index (Phi) is 4.14. The third-order valence-electron chi connectivity index (χ3n) is 1.46. The average Bonchev–Trinajstić information content (AvgIpc) is 2.11. The molecule has 4 nitrogen and oxygen atoms in total. The lowest BCUT2D eigenvalue weighted by atomic mass is 10.3. The number of pyridine rings is 1. The summed E-state index contributed by atoms with van der Waals surface area (Å²) in [6, 6.07) is 1.85. The number of aromatic nitrogens is 1. The lowest BCUT2D eigenvalue weighted by Gasteiger charge is -2.05. The van der Waals surface area contributed by atoms with Crippen LogP contribution in [-0.2, 0) is 11.3 Å². The van der Waals surface area contributed by atoms with Crippen LogP contribution in [0.3, 0.4) is 0 Å². The van der Waals surface area contributed by atoms with Gasteiger partial charge in [0, 0.05) is 16.2 Å². The van der Waals surface area contributed by atoms with Crippen molar-refractivity contribution in [2.45, 2.75) is 6.61 Å². The molecule has 0 aromatic carbocycles. The van der Waals surface area contributed by atoms with Crippen LogP contribution in [0, 0.1) is 0 Å². The van der Waals surface area contributed by atoms with Crippen LogP contribution in [0.4, 0.5) is 5.82 Å². The zero-order valence-corrected chi connectivity index (χ0v) is 8.62. The van der Waals surface area contributed by atoms with Gasteiger partial charge in [0.1, 0.15) is 5.82 Å². The van der Waals surface area contributed by atoms with E-state index in [0.717, 1.165) is 10.0 Å². The number of hydrogen-bond donors (Lipinski definition) is 2. The molecular weight excluding hydrogens is 236 g/mol. The molecule has 0 unspecified atom stereocenters. The zero-order chi connectivity index (χ0) is 9.68. The number of rotatable bonds is 4. The Morgan fingerprint density at radius 3 is 3.08 bits per heavy atom. The standard InChI is InChI=1S/C8H11BrN2O2/c9-7-3-6(5-13-2-1-12)8(10)11-4-7/h3-4,12H,1-2,5H2,(H2,10,11). The summed E-state index contributed by atoms with van der Waals surface area (Å²) in [4.78, 5) is 3.95. The molecule has 13 heavy (non-hydrogen) atoms. The van der Waals surface area contributed by atoms with Gasteiger partial charge in [-0.15, -0.1) is 0 Å². The molecule has 1 rings (SSSR count). The molecular formula is C8H11BrN2O2. The number of hydrogen-bond acceptors (Lipinski definition) is 4. The van der Waals surface area contributed by atoms with E-state index in [-0.39, 0.29) is 6.61 Å². The van der Waals surface area contributed by atoms with Crippen LogP contribution in [0.5, 0.6) is 0 Å². The fourth-order valence-corrected chi connectivity index (χ4v) is 1.23. The number of nitrogens with two attached hydrogens (primary N) is 1. The number of nitrogen functional groups attached to an aromatic ring is 1. The van der Waals surface area contributed by atoms with Crippen molar-refractivity contribution in [3.8, 4) is 0 Å². The van der Waals surface area contributed by atoms with Gasteiger partial charge in [-0.2, -0.15) is 0 Å². The molecule has 0 atom stereocenters. The van der Waals surface area contributed by atoms with Gasteiger partial charge >= 0.3 is 0 Å². The molecule has 0 amide bonds. The first-order valence-corrected chi connectivity index (χ1v) is 4.62. The number of halogens is 1. The smallest absolute Gasteiger partial charge is 0.128 e. The van der Waals surface area contributed by atoms with Gasteiger partial charge in [-0.1, -0.05) is 0 Å². The second-order valence-corrected chi connectivity index (χ2v) is 3.39. The van der Waals surface area contributed by atoms with E-state index in [4.69, 9.17) is 15.6 Å². The van der Waals surface area contributed by atoms with E-state index in [1.165, 1.54) is 0 Å². The summed E-state index contributed by atoms with van der Waals surface area (Å²) >= 11 is 3.28. The molecule has 0 fully saturated rings. The topological polar surface area (TPSA) is 68.4 Å². The predicted molar refractivity (Wildman–Crippen MR) is 53.1 cm³/mol. The summed E-state index contributed by atoms with van der Waals surface area (Å²) in [6.07, 6.45) is 1.63. The molecule has 5 heteroatoms. The molecule has 0 bridgehead atoms. The quantitative estimate of drug-likeness (QED) is 0.777. The van der Waals surface area contributed by atoms with Gasteiger partial charge in [0.15, 0.2) is 0 Å². The minimum absolute atomic E-state index is 0.0152. The average molecular weight is 247 g/mol. The van der Waals surface area contributed by atoms with Crippen LogP contribution < -0.4 is 5.73 Å². The first-order chi connectivity index (χ1) is 6.24. The lowest BCUT2D eigenvalue weighted by Crippen LogP contribution is -2.03. The van der Waals surface area contributed by atoms with Crippen molar-refractivity contribution in [2.24, 2.45) is 0 Å². The third-order valence-corrected chi connectivity index (χ3v) is 1.89. The van der Waals surface area contributed by atoms with Crippen molar-refractivity contribution >= 4 is 21.7 Å². The highest BCUT2D eigenvalue weighted by molar-refractivity contribution is 9.10. The zero-order valence-electron chi connectivity index (χ0n) is 7.03. The maximum Gasteiger partial charge on any atom is 0.128 e. The second-order valence-electron chi connectivity index (χ2n) is 2.47. The van der Waals surface area contributed by atoms with E-state index in [1.807, 2.05) is 6.07 Å². The summed E-state index contributed by atoms with van der Waals surface area (Å²) in [5.74, 6) is 0.459. The predicted octanol–water partition coefficient (Wildman–Crippen LogP) is 0.935. The number of anilines is 1. The molecule has 0 saturated carbocycles. The van der Waals surface area contributed by atoms with E-state index in [9.17, 15) is 0 Å². The largest absolute Gasteiger partial charge is 0.394 e. The van der Waals surface area contributed by atoms with Crippen molar-refractivity contribution in [2.75, 3.05) is 18.9 Å². The Morgan fingerprint density at radius 2 is 2.38 bits per heavy atom. The first kappa shape index (κ1) is 10.4. The Balaban J connectivity index is 2.59. The van der Waals surface area contributed by atoms with Crippen molar-refractivity contribution in [1.82, 2.24) is 4.98 Å². The molecule has 0 aliphatic rings. The second kappa shape index (κ2) is 5.16. The van der Waals surface area contributed by atoms with Gasteiger partial charge in [0.05, 0.1) is 19.8 Å². The molecule has 0 radical (unpaired) electrons. The summed E-state index contributed by atoms with van der Waals surface area (Å²) in [6.45, 7) is 0.701. The van der Waals surface area contributed by atoms with Crippen molar-refractivity contribution in [3.05, 3.63) is 22.3 Å². The number of ether oxygens (including phenoxy) is 1. The van der Waals surface area contributed by atoms with Gasteiger partial charge in [0.25, 0.3) is 0 Å². The lowest BCUT2D eigenvalue weighted by molar-refractivity contribution is 0.0817. The fraction of sp³-hybridized carbons (Fsp3) is 0.375. The molecule has 0 spiro atoms. The molecule has 1 aromatic heterocycles. The highest BCUT2D eigenvalue weighted by Crippen LogP contribution is 2.15. The molecule has 0 aliphatic carbocycles. The van der Waals surface area contributed by atoms with E-state index in [2.05, 4.69) is 20.9 Å². The molecule has 0 saturated heterocycles. The van der Waals surface area contributed by atoms with E-state index in [1.54, 1.807) is 6.20 Å². The van der Waals surface area contributed by atoms with Gasteiger partial charge in [-0.05, 0) is 22.0 Å². The number of nitrogens with zero attached hydrogens (tertiary/aromatic N) is 1. The number of aliphatic hydroxyl groups is 1. The molecule has 1 heterocycles. The Bertz CT molecular complexity index is 281. The third kappa shape index (κ3) is 3.30. The highest BCUT2D eigenvalue weighted by Gasteiger charge is 2.00. The maximum absolute atomic E-state index is 8.49. The van der Waals surface area contributed by atoms with Crippen molar-refractivity contribution in [1.29, 1.82) is 0 Å². The SMILES string of the molecule is Nc1ncc(Br)cc1COCCO. The number of aliphatic hydroxyl groups excluding tert-OH is 1. The summed E-state index contributed by atoms with van der Waals surface area (Å²) < 4.78 is 5.98. The highest BCUT2D eigenvalue weighted by atomic mass is 79.9. The van der Waals surface area contributed by atoms with Gasteiger partial charge in [-0.25, -0.2) is 4.98 Å². The molecule has 1 aromatic rings. The van der Waals surface area contributed by atoms with Crippen molar-refractivity contribution in [3.63, 3.8) is 0 Å². The van der Waals surface area contributed by atoms with E-state index >= 15 is 0 Å². The Morgan fingerprint density at radius 1 is 1.62 bits per heavy atom. The van der Waals surface area contributed by atoms with Crippen LogP contribution in [0.2, 0.25) is 0 Å². The molecule has 0 aliphatic heterocycles. The first-order valence-electron chi connectivity index (χ1n) is 3.82. The minimum atomic E-state index is 0.0152. The van der Waals surface area contributed by atoms with E-state index < -0.39 is 0 Å². The van der Waals surface area contributed by atoms with E-state index in [0.29, 0.717) is 19.0 Å². The summed E-state index contributed by atoms with van der Waals surface area (Å²) in [5.41, 5.74) is 6.42. The fourth-order valence-electron chi connectivity index (χ4n) is 0.854. The van der Waals surface area contributed by atoms with Crippen molar-refractivity contribution < 1.29 is 9.84 Å². The van der Waals surface area contributed by atoms with Crippen LogP contribution in [0.1, 0.15) is 5.56 Å². The van der Waals surface area contributed by atoms with Gasteiger partial charge in [-0.3, -0.25) is 0 Å². The monoisotopic (exact) mass is 246 g/mol. The summed E-state index contributed by atoms with van der Waals surface area (Å²) in [5, 5.41) is 8.49. The van der Waals surface area contributed by atoms with Crippen LogP contribution >= 0.6 is 15.9 Å². The van der Waals surface area contributed by atoms with Crippen LogP contribution in [0.25, 0.3) is 0 Å². The normalized spacial score (nSPS) is 10.3. The minimum Gasteiger partial charge on any atom is -0.394 e. The Hall–Kier alpha value is -0.650. The van der Waals surface area contributed by atoms with Crippen LogP contribution in [-0.4, -0.2) is 23.3 Å². The van der Waals surface area contributed by atoms with Gasteiger partial charge in [0.2, 0.25) is 0 Å². The Labute approximate surface area is 84.9 Å².